The molecule has 16 heavy (non-hydrogen) atoms. The van der Waals surface area contributed by atoms with Crippen molar-refractivity contribution in [1.29, 1.82) is 0 Å². The molecule has 0 bridgehead atoms. The Morgan fingerprint density at radius 1 is 1.50 bits per heavy atom. The maximum Gasteiger partial charge on any atom is 0.0772 e. The van der Waals surface area contributed by atoms with Crippen molar-refractivity contribution in [2.24, 2.45) is 5.73 Å². The van der Waals surface area contributed by atoms with Gasteiger partial charge in [0.05, 0.1) is 11.4 Å². The molecule has 2 N–H and O–H groups in total. The van der Waals surface area contributed by atoms with Crippen molar-refractivity contribution < 1.29 is 0 Å². The largest absolute Gasteiger partial charge is 0.367 e. The molecular formula is C12H20N4. The van der Waals surface area contributed by atoms with E-state index < -0.39 is 0 Å². The number of aromatic nitrogens is 1. The summed E-state index contributed by atoms with van der Waals surface area (Å²) in [7, 11) is 2.18. The van der Waals surface area contributed by atoms with E-state index in [4.69, 9.17) is 5.73 Å². The number of nitrogens with zero attached hydrogens (tertiary/aromatic N) is 3. The SMILES string of the molecule is CC1CN(c2cccnc2CN)CCN1C. The van der Waals surface area contributed by atoms with Gasteiger partial charge in [0.15, 0.2) is 0 Å². The third kappa shape index (κ3) is 2.18. The second-order valence-corrected chi connectivity index (χ2v) is 4.45. The van der Waals surface area contributed by atoms with Gasteiger partial charge in [-0.2, -0.15) is 0 Å². The van der Waals surface area contributed by atoms with Crippen molar-refractivity contribution >= 4 is 5.69 Å². The minimum absolute atomic E-state index is 0.511. The first-order valence-electron chi connectivity index (χ1n) is 5.81. The van der Waals surface area contributed by atoms with Crippen LogP contribution in [0.1, 0.15) is 12.6 Å². The molecule has 1 aromatic rings. The molecule has 0 aromatic carbocycles. The van der Waals surface area contributed by atoms with Crippen LogP contribution in [0.2, 0.25) is 0 Å². The van der Waals surface area contributed by atoms with Gasteiger partial charge in [-0.25, -0.2) is 0 Å². The summed E-state index contributed by atoms with van der Waals surface area (Å²) in [6.07, 6.45) is 1.81. The van der Waals surface area contributed by atoms with Crippen LogP contribution >= 0.6 is 0 Å². The number of pyridine rings is 1. The predicted octanol–water partition coefficient (Wildman–Crippen LogP) is 0.681. The molecule has 1 saturated heterocycles. The molecule has 1 aliphatic rings. The molecule has 1 aliphatic heterocycles. The van der Waals surface area contributed by atoms with Crippen LogP contribution in [0.15, 0.2) is 18.3 Å². The second-order valence-electron chi connectivity index (χ2n) is 4.45. The zero-order valence-corrected chi connectivity index (χ0v) is 10.1. The molecule has 0 amide bonds. The first-order valence-corrected chi connectivity index (χ1v) is 5.81. The maximum atomic E-state index is 5.72. The number of hydrogen-bond donors (Lipinski definition) is 1. The lowest BCUT2D eigenvalue weighted by molar-refractivity contribution is 0.234. The quantitative estimate of drug-likeness (QED) is 0.796. The molecular weight excluding hydrogens is 200 g/mol. The van der Waals surface area contributed by atoms with Gasteiger partial charge < -0.3 is 15.5 Å². The highest BCUT2D eigenvalue weighted by Crippen LogP contribution is 2.20. The third-order valence-corrected chi connectivity index (χ3v) is 3.36. The Kier molecular flexibility index (Phi) is 3.41. The van der Waals surface area contributed by atoms with Crippen LogP contribution in [-0.2, 0) is 6.54 Å². The molecule has 0 spiro atoms. The van der Waals surface area contributed by atoms with Gasteiger partial charge in [-0.1, -0.05) is 0 Å². The zero-order valence-electron chi connectivity index (χ0n) is 10.1. The predicted molar refractivity (Wildman–Crippen MR) is 66.4 cm³/mol. The van der Waals surface area contributed by atoms with E-state index in [2.05, 4.69) is 34.8 Å². The molecule has 88 valence electrons. The standard InChI is InChI=1S/C12H20N4/c1-10-9-16(7-6-15(10)2)12-4-3-5-14-11(12)8-13/h3-5,10H,6-9,13H2,1-2H3. The minimum atomic E-state index is 0.511. The number of anilines is 1. The van der Waals surface area contributed by atoms with Gasteiger partial charge in [0.2, 0.25) is 0 Å². The highest BCUT2D eigenvalue weighted by atomic mass is 15.3. The molecule has 1 unspecified atom stereocenters. The monoisotopic (exact) mass is 220 g/mol. The van der Waals surface area contributed by atoms with Crippen molar-refractivity contribution in [3.8, 4) is 0 Å². The van der Waals surface area contributed by atoms with Gasteiger partial charge >= 0.3 is 0 Å². The average Bonchev–Trinajstić information content (AvgIpc) is 2.32. The van der Waals surface area contributed by atoms with E-state index in [1.165, 1.54) is 5.69 Å². The molecule has 0 aliphatic carbocycles. The highest BCUT2D eigenvalue weighted by molar-refractivity contribution is 5.51. The fraction of sp³-hybridized carbons (Fsp3) is 0.583. The van der Waals surface area contributed by atoms with E-state index >= 15 is 0 Å². The number of rotatable bonds is 2. The molecule has 0 saturated carbocycles. The summed E-state index contributed by atoms with van der Waals surface area (Å²) < 4.78 is 0. The van der Waals surface area contributed by atoms with Crippen LogP contribution in [0.3, 0.4) is 0 Å². The van der Waals surface area contributed by atoms with E-state index in [1.807, 2.05) is 12.3 Å². The summed E-state index contributed by atoms with van der Waals surface area (Å²) in [6, 6.07) is 4.68. The van der Waals surface area contributed by atoms with Gasteiger partial charge in [0.1, 0.15) is 0 Å². The lowest BCUT2D eigenvalue weighted by atomic mass is 10.1. The maximum absolute atomic E-state index is 5.72. The van der Waals surface area contributed by atoms with Crippen molar-refractivity contribution in [3.05, 3.63) is 24.0 Å². The van der Waals surface area contributed by atoms with Crippen molar-refractivity contribution in [2.45, 2.75) is 19.5 Å². The molecule has 1 atom stereocenters. The summed E-state index contributed by atoms with van der Waals surface area (Å²) in [5.41, 5.74) is 7.92. The Hall–Kier alpha value is -1.13. The van der Waals surface area contributed by atoms with Crippen LogP contribution in [0.4, 0.5) is 5.69 Å². The van der Waals surface area contributed by atoms with E-state index in [0.717, 1.165) is 25.3 Å². The van der Waals surface area contributed by atoms with Gasteiger partial charge in [0, 0.05) is 38.4 Å². The van der Waals surface area contributed by atoms with E-state index in [9.17, 15) is 0 Å². The van der Waals surface area contributed by atoms with Gasteiger partial charge in [-0.15, -0.1) is 0 Å². The van der Waals surface area contributed by atoms with Crippen LogP contribution in [0.5, 0.6) is 0 Å². The Bertz CT molecular complexity index is 353. The summed E-state index contributed by atoms with van der Waals surface area (Å²) in [5, 5.41) is 0. The molecule has 4 nitrogen and oxygen atoms in total. The van der Waals surface area contributed by atoms with Gasteiger partial charge in [-0.3, -0.25) is 4.98 Å². The third-order valence-electron chi connectivity index (χ3n) is 3.36. The van der Waals surface area contributed by atoms with E-state index in [1.54, 1.807) is 0 Å². The lowest BCUT2D eigenvalue weighted by Gasteiger charge is -2.39. The van der Waals surface area contributed by atoms with Crippen molar-refractivity contribution in [1.82, 2.24) is 9.88 Å². The van der Waals surface area contributed by atoms with Crippen LogP contribution in [0.25, 0.3) is 0 Å². The van der Waals surface area contributed by atoms with Gasteiger partial charge in [0.25, 0.3) is 0 Å². The summed E-state index contributed by atoms with van der Waals surface area (Å²) in [5.74, 6) is 0. The Morgan fingerprint density at radius 3 is 3.00 bits per heavy atom. The summed E-state index contributed by atoms with van der Waals surface area (Å²) in [6.45, 7) is 5.97. The summed E-state index contributed by atoms with van der Waals surface area (Å²) in [4.78, 5) is 9.11. The molecule has 2 heterocycles. The van der Waals surface area contributed by atoms with E-state index in [-0.39, 0.29) is 0 Å². The first-order chi connectivity index (χ1) is 7.72. The van der Waals surface area contributed by atoms with Crippen molar-refractivity contribution in [3.63, 3.8) is 0 Å². The number of nitrogens with two attached hydrogens (primary N) is 1. The zero-order chi connectivity index (χ0) is 11.5. The number of hydrogen-bond acceptors (Lipinski definition) is 4. The Labute approximate surface area is 97.1 Å². The second kappa shape index (κ2) is 4.80. The number of piperazine rings is 1. The average molecular weight is 220 g/mol. The molecule has 1 fully saturated rings. The fourth-order valence-corrected chi connectivity index (χ4v) is 2.14. The fourth-order valence-electron chi connectivity index (χ4n) is 2.14. The molecule has 0 radical (unpaired) electrons. The topological polar surface area (TPSA) is 45.4 Å². The van der Waals surface area contributed by atoms with Crippen LogP contribution in [0, 0.1) is 0 Å². The minimum Gasteiger partial charge on any atom is -0.367 e. The normalized spacial score (nSPS) is 22.4. The highest BCUT2D eigenvalue weighted by Gasteiger charge is 2.22. The lowest BCUT2D eigenvalue weighted by Crippen LogP contribution is -2.50. The van der Waals surface area contributed by atoms with E-state index in [0.29, 0.717) is 12.6 Å². The molecule has 1 aromatic heterocycles. The molecule has 4 heteroatoms. The smallest absolute Gasteiger partial charge is 0.0772 e. The van der Waals surface area contributed by atoms with Gasteiger partial charge in [-0.05, 0) is 26.1 Å². The van der Waals surface area contributed by atoms with Crippen LogP contribution < -0.4 is 10.6 Å². The summed E-state index contributed by atoms with van der Waals surface area (Å²) >= 11 is 0. The first kappa shape index (κ1) is 11.4. The Morgan fingerprint density at radius 2 is 2.31 bits per heavy atom. The molecule has 2 rings (SSSR count). The van der Waals surface area contributed by atoms with Crippen molar-refractivity contribution in [2.75, 3.05) is 31.6 Å². The Balaban J connectivity index is 2.18. The van der Waals surface area contributed by atoms with Crippen LogP contribution in [-0.4, -0.2) is 42.6 Å². The number of likely N-dealkylation sites (N-methyl/N-ethyl adjacent to an activating group) is 1.